The van der Waals surface area contributed by atoms with Crippen LogP contribution in [0.1, 0.15) is 52.0 Å². The molecule has 6 nitrogen and oxygen atoms in total. The molecule has 172 valence electrons. The third kappa shape index (κ3) is 5.56. The Morgan fingerprint density at radius 1 is 1.27 bits per heavy atom. The third-order valence-corrected chi connectivity index (χ3v) is 8.55. The molecule has 0 saturated carbocycles. The molecule has 1 aliphatic carbocycles. The van der Waals surface area contributed by atoms with Crippen molar-refractivity contribution in [2.75, 3.05) is 11.9 Å². The van der Waals surface area contributed by atoms with Gasteiger partial charge in [0.2, 0.25) is 5.91 Å². The zero-order valence-corrected chi connectivity index (χ0v) is 21.7. The fourth-order valence-corrected chi connectivity index (χ4v) is 6.98. The van der Waals surface area contributed by atoms with Crippen molar-refractivity contribution < 1.29 is 14.4 Å². The number of carbonyl (C=O) groups excluding carboxylic acids is 3. The summed E-state index contributed by atoms with van der Waals surface area (Å²) in [6.45, 7) is 0.359. The van der Waals surface area contributed by atoms with Gasteiger partial charge < -0.3 is 11.1 Å². The number of amides is 3. The fraction of sp³-hybridized carbons (Fsp3) is 0.304. The average Bonchev–Trinajstić information content (AvgIpc) is 3.25. The highest BCUT2D eigenvalue weighted by atomic mass is 79.9. The first-order valence-electron chi connectivity index (χ1n) is 10.6. The van der Waals surface area contributed by atoms with Gasteiger partial charge >= 0.3 is 0 Å². The maximum atomic E-state index is 12.8. The summed E-state index contributed by atoms with van der Waals surface area (Å²) >= 11 is 11.5. The number of thioether (sulfide) groups is 1. The molecular weight excluding hydrogens is 542 g/mol. The van der Waals surface area contributed by atoms with Crippen LogP contribution in [0.15, 0.2) is 33.6 Å². The van der Waals surface area contributed by atoms with Crippen molar-refractivity contribution >= 4 is 84.4 Å². The van der Waals surface area contributed by atoms with Gasteiger partial charge in [0.05, 0.1) is 10.5 Å². The zero-order valence-electron chi connectivity index (χ0n) is 17.7. The van der Waals surface area contributed by atoms with Crippen LogP contribution in [-0.2, 0) is 22.4 Å². The van der Waals surface area contributed by atoms with E-state index in [9.17, 15) is 14.4 Å². The number of primary amides is 1. The van der Waals surface area contributed by atoms with Gasteiger partial charge in [-0.05, 0) is 61.4 Å². The number of aryl methyl sites for hydroxylation is 1. The Morgan fingerprint density at radius 2 is 2.06 bits per heavy atom. The van der Waals surface area contributed by atoms with Crippen molar-refractivity contribution in [2.24, 2.45) is 5.73 Å². The van der Waals surface area contributed by atoms with Crippen LogP contribution < -0.4 is 11.1 Å². The maximum Gasteiger partial charge on any atom is 0.266 e. The van der Waals surface area contributed by atoms with E-state index < -0.39 is 5.91 Å². The Balaban J connectivity index is 1.35. The monoisotopic (exact) mass is 563 g/mol. The van der Waals surface area contributed by atoms with Gasteiger partial charge in [0.15, 0.2) is 0 Å². The van der Waals surface area contributed by atoms with E-state index in [1.165, 1.54) is 28.0 Å². The molecule has 1 aromatic heterocycles. The molecule has 2 aromatic rings. The van der Waals surface area contributed by atoms with Gasteiger partial charge in [0, 0.05) is 22.3 Å². The van der Waals surface area contributed by atoms with E-state index in [4.69, 9.17) is 18.0 Å². The van der Waals surface area contributed by atoms with Gasteiger partial charge in [-0.15, -0.1) is 11.3 Å². The number of anilines is 1. The first-order chi connectivity index (χ1) is 15.8. The van der Waals surface area contributed by atoms with E-state index >= 15 is 0 Å². The smallest absolute Gasteiger partial charge is 0.266 e. The Labute approximate surface area is 214 Å². The topological polar surface area (TPSA) is 92.5 Å². The molecule has 0 unspecified atom stereocenters. The Hall–Kier alpha value is -2.01. The number of thiophene rings is 1. The quantitative estimate of drug-likeness (QED) is 0.360. The van der Waals surface area contributed by atoms with Gasteiger partial charge in [0.25, 0.3) is 11.8 Å². The molecule has 1 saturated heterocycles. The van der Waals surface area contributed by atoms with Crippen molar-refractivity contribution in [1.82, 2.24) is 4.90 Å². The number of hydrogen-bond donors (Lipinski definition) is 2. The van der Waals surface area contributed by atoms with Gasteiger partial charge in [-0.3, -0.25) is 19.3 Å². The van der Waals surface area contributed by atoms with Gasteiger partial charge in [0.1, 0.15) is 9.32 Å². The maximum absolute atomic E-state index is 12.8. The number of halogens is 1. The van der Waals surface area contributed by atoms with Crippen molar-refractivity contribution in [3.8, 4) is 0 Å². The molecule has 0 atom stereocenters. The van der Waals surface area contributed by atoms with Crippen molar-refractivity contribution in [3.05, 3.63) is 55.2 Å². The van der Waals surface area contributed by atoms with Crippen LogP contribution in [0.5, 0.6) is 0 Å². The van der Waals surface area contributed by atoms with Crippen molar-refractivity contribution in [3.63, 3.8) is 0 Å². The summed E-state index contributed by atoms with van der Waals surface area (Å²) in [6, 6.07) is 7.68. The molecule has 0 bridgehead atoms. The lowest BCUT2D eigenvalue weighted by Crippen LogP contribution is -2.29. The molecule has 3 N–H and O–H groups in total. The van der Waals surface area contributed by atoms with E-state index in [2.05, 4.69) is 21.2 Å². The Morgan fingerprint density at radius 3 is 2.82 bits per heavy atom. The summed E-state index contributed by atoms with van der Waals surface area (Å²) < 4.78 is 1.42. The highest BCUT2D eigenvalue weighted by Crippen LogP contribution is 2.38. The highest BCUT2D eigenvalue weighted by Gasteiger charge is 2.32. The molecular formula is C23H22BrN3O3S3. The minimum atomic E-state index is -0.500. The third-order valence-electron chi connectivity index (χ3n) is 5.48. The number of rotatable bonds is 7. The van der Waals surface area contributed by atoms with Gasteiger partial charge in [-0.1, -0.05) is 52.0 Å². The van der Waals surface area contributed by atoms with E-state index in [1.54, 1.807) is 0 Å². The van der Waals surface area contributed by atoms with Crippen LogP contribution in [0.25, 0.3) is 6.08 Å². The normalized spacial score (nSPS) is 16.9. The standard InChI is InChI=1S/C23H22BrN3O3S3/c24-14-6-3-5-13(11-14)12-17-22(30)27(23(31)33-17)10-4-9-18(28)26-21-19(20(25)29)15-7-1-2-8-16(15)32-21/h3,5-6,11-12H,1-2,4,7-10H2,(H2,25,29)(H,26,28)/b17-12-. The Bertz CT molecular complexity index is 1170. The molecule has 0 spiro atoms. The number of nitrogens with one attached hydrogen (secondary N) is 1. The molecule has 2 aliphatic rings. The lowest BCUT2D eigenvalue weighted by atomic mass is 9.95. The summed E-state index contributed by atoms with van der Waals surface area (Å²) in [5, 5.41) is 3.41. The minimum absolute atomic E-state index is 0.146. The average molecular weight is 565 g/mol. The van der Waals surface area contributed by atoms with E-state index in [-0.39, 0.29) is 18.2 Å². The first kappa shape index (κ1) is 24.1. The molecule has 33 heavy (non-hydrogen) atoms. The number of thiocarbonyl (C=S) groups is 1. The lowest BCUT2D eigenvalue weighted by molar-refractivity contribution is -0.122. The highest BCUT2D eigenvalue weighted by molar-refractivity contribution is 9.10. The summed E-state index contributed by atoms with van der Waals surface area (Å²) in [7, 11) is 0. The lowest BCUT2D eigenvalue weighted by Gasteiger charge is -2.14. The number of nitrogens with two attached hydrogens (primary N) is 1. The van der Waals surface area contributed by atoms with Crippen LogP contribution in [0, 0.1) is 0 Å². The second-order valence-electron chi connectivity index (χ2n) is 7.82. The van der Waals surface area contributed by atoms with E-state index in [0.29, 0.717) is 32.8 Å². The van der Waals surface area contributed by atoms with Gasteiger partial charge in [-0.2, -0.15) is 0 Å². The van der Waals surface area contributed by atoms with Crippen LogP contribution in [0.4, 0.5) is 5.00 Å². The molecule has 1 aliphatic heterocycles. The largest absolute Gasteiger partial charge is 0.365 e. The molecule has 10 heteroatoms. The SMILES string of the molecule is NC(=O)c1c(NC(=O)CCCN2C(=O)/C(=C/c3cccc(Br)c3)SC2=S)sc2c1CCCC2. The predicted octanol–water partition coefficient (Wildman–Crippen LogP) is 5.11. The molecule has 1 aromatic carbocycles. The molecule has 3 amide bonds. The second kappa shape index (κ2) is 10.5. The first-order valence-corrected chi connectivity index (χ1v) is 13.4. The van der Waals surface area contributed by atoms with Crippen LogP contribution in [0.3, 0.4) is 0 Å². The number of carbonyl (C=O) groups is 3. The van der Waals surface area contributed by atoms with E-state index in [0.717, 1.165) is 46.2 Å². The summed E-state index contributed by atoms with van der Waals surface area (Å²) in [4.78, 5) is 40.6. The number of fused-ring (bicyclic) bond motifs is 1. The molecule has 1 fully saturated rings. The summed E-state index contributed by atoms with van der Waals surface area (Å²) in [6.07, 6.45) is 6.33. The van der Waals surface area contributed by atoms with Gasteiger partial charge in [-0.25, -0.2) is 0 Å². The Kier molecular flexibility index (Phi) is 7.68. The minimum Gasteiger partial charge on any atom is -0.365 e. The van der Waals surface area contributed by atoms with Crippen LogP contribution in [-0.4, -0.2) is 33.5 Å². The zero-order chi connectivity index (χ0) is 23.5. The van der Waals surface area contributed by atoms with Crippen LogP contribution >= 0.6 is 51.2 Å². The van der Waals surface area contributed by atoms with Crippen molar-refractivity contribution in [1.29, 1.82) is 0 Å². The predicted molar refractivity (Wildman–Crippen MR) is 141 cm³/mol. The summed E-state index contributed by atoms with van der Waals surface area (Å²) in [5.74, 6) is -0.849. The van der Waals surface area contributed by atoms with E-state index in [1.807, 2.05) is 30.3 Å². The van der Waals surface area contributed by atoms with Crippen LogP contribution in [0.2, 0.25) is 0 Å². The molecule has 0 radical (unpaired) electrons. The number of benzene rings is 1. The summed E-state index contributed by atoms with van der Waals surface area (Å²) in [5.41, 5.74) is 7.95. The molecule has 4 rings (SSSR count). The second-order valence-corrected chi connectivity index (χ2v) is 11.5. The fourth-order valence-electron chi connectivity index (χ4n) is 3.94. The number of nitrogens with zero attached hydrogens (tertiary/aromatic N) is 1. The van der Waals surface area contributed by atoms with Crippen molar-refractivity contribution in [2.45, 2.75) is 38.5 Å². The number of hydrogen-bond acceptors (Lipinski definition) is 6. The molecule has 2 heterocycles.